The summed E-state index contributed by atoms with van der Waals surface area (Å²) in [4.78, 5) is 0. The zero-order valence-electron chi connectivity index (χ0n) is 17.6. The number of aryl methyl sites for hydroxylation is 6. The van der Waals surface area contributed by atoms with Crippen LogP contribution in [0.3, 0.4) is 0 Å². The lowest BCUT2D eigenvalue weighted by molar-refractivity contribution is 1.34. The van der Waals surface area contributed by atoms with Gasteiger partial charge in [0.2, 0.25) is 6.71 Å². The van der Waals surface area contributed by atoms with Gasteiger partial charge in [-0.3, -0.25) is 0 Å². The third kappa shape index (κ3) is 4.00. The van der Waals surface area contributed by atoms with Crippen LogP contribution in [0, 0.1) is 41.5 Å². The monoisotopic (exact) mass is 348 g/mol. The Labute approximate surface area is 156 Å². The molecule has 0 unspecified atom stereocenters. The molecule has 0 nitrogen and oxygen atoms in total. The maximum absolute atomic E-state index is 4.65. The molecule has 0 aliphatic heterocycles. The van der Waals surface area contributed by atoms with E-state index in [0.717, 1.165) is 0 Å². The fraction of sp³-hybridized carbons (Fsp3) is 0.391. The molecule has 2 rings (SSSR count). The Morgan fingerprint density at radius 3 is 1.20 bits per heavy atom. The Balaban J connectivity index is 2.84. The standard InChI is InChI=1S/C23H33BSi/c1-15-11-17(3)22(18(4)12-15)24(21(7)25(8,9)10)23-19(5)13-16(2)14-20(23)6/h11-14H,7H2,1-6,8-10H3. The van der Waals surface area contributed by atoms with Crippen molar-refractivity contribution in [3.63, 3.8) is 0 Å². The van der Waals surface area contributed by atoms with Crippen LogP contribution in [0.2, 0.25) is 19.6 Å². The molecule has 0 fully saturated rings. The zero-order chi connectivity index (χ0) is 19.1. The molecular formula is C23H33BSi. The molecule has 0 N–H and O–H groups in total. The molecule has 0 atom stereocenters. The molecule has 0 saturated heterocycles. The average molecular weight is 348 g/mol. The molecule has 2 aromatic rings. The predicted octanol–water partition coefficient (Wildman–Crippen LogP) is 5.12. The van der Waals surface area contributed by atoms with Crippen molar-refractivity contribution in [2.45, 2.75) is 61.2 Å². The molecule has 0 radical (unpaired) electrons. The molecule has 2 aromatic carbocycles. The van der Waals surface area contributed by atoms with Crippen molar-refractivity contribution < 1.29 is 0 Å². The van der Waals surface area contributed by atoms with Gasteiger partial charge in [-0.05, 0) is 41.5 Å². The van der Waals surface area contributed by atoms with Gasteiger partial charge in [0, 0.05) is 0 Å². The second kappa shape index (κ2) is 6.99. The molecule has 0 aliphatic carbocycles. The van der Waals surface area contributed by atoms with Crippen LogP contribution in [-0.4, -0.2) is 14.8 Å². The summed E-state index contributed by atoms with van der Waals surface area (Å²) in [5.41, 5.74) is 11.2. The van der Waals surface area contributed by atoms with E-state index in [1.807, 2.05) is 0 Å². The van der Waals surface area contributed by atoms with Crippen LogP contribution in [0.4, 0.5) is 0 Å². The van der Waals surface area contributed by atoms with E-state index in [0.29, 0.717) is 6.71 Å². The normalized spacial score (nSPS) is 11.6. The smallest absolute Gasteiger partial charge is 0.112 e. The van der Waals surface area contributed by atoms with E-state index >= 15 is 0 Å². The minimum absolute atomic E-state index is 0.299. The van der Waals surface area contributed by atoms with Gasteiger partial charge in [0.1, 0.15) is 0 Å². The number of hydrogen-bond donors (Lipinski definition) is 0. The Morgan fingerprint density at radius 2 is 0.960 bits per heavy atom. The molecule has 132 valence electrons. The lowest BCUT2D eigenvalue weighted by Crippen LogP contribution is -2.54. The van der Waals surface area contributed by atoms with E-state index < -0.39 is 8.07 Å². The highest BCUT2D eigenvalue weighted by atomic mass is 28.3. The summed E-state index contributed by atoms with van der Waals surface area (Å²) in [5.74, 6) is 0. The van der Waals surface area contributed by atoms with Crippen LogP contribution < -0.4 is 10.9 Å². The maximum atomic E-state index is 4.65. The SMILES string of the molecule is C=C(B(c1c(C)cc(C)cc1C)c1c(C)cc(C)cc1C)[Si](C)(C)C. The van der Waals surface area contributed by atoms with Gasteiger partial charge < -0.3 is 0 Å². The van der Waals surface area contributed by atoms with Crippen molar-refractivity contribution in [2.24, 2.45) is 0 Å². The van der Waals surface area contributed by atoms with Crippen molar-refractivity contribution in [3.05, 3.63) is 69.3 Å². The van der Waals surface area contributed by atoms with E-state index in [2.05, 4.69) is 92.0 Å². The van der Waals surface area contributed by atoms with Gasteiger partial charge in [-0.1, -0.05) is 88.2 Å². The molecule has 0 amide bonds. The summed E-state index contributed by atoms with van der Waals surface area (Å²) >= 11 is 0. The maximum Gasteiger partial charge on any atom is 0.234 e. The zero-order valence-corrected chi connectivity index (χ0v) is 18.6. The van der Waals surface area contributed by atoms with Crippen molar-refractivity contribution in [1.82, 2.24) is 0 Å². The van der Waals surface area contributed by atoms with E-state index in [9.17, 15) is 0 Å². The molecule has 0 aliphatic rings. The summed E-state index contributed by atoms with van der Waals surface area (Å²) in [5, 5.41) is 1.43. The molecule has 0 spiro atoms. The Bertz CT molecular complexity index is 721. The van der Waals surface area contributed by atoms with Gasteiger partial charge in [0.25, 0.3) is 0 Å². The fourth-order valence-electron chi connectivity index (χ4n) is 4.22. The average Bonchev–Trinajstić information content (AvgIpc) is 2.41. The first kappa shape index (κ1) is 19.8. The lowest BCUT2D eigenvalue weighted by Gasteiger charge is -2.31. The molecule has 0 saturated carbocycles. The summed E-state index contributed by atoms with van der Waals surface area (Å²) in [6, 6.07) is 9.30. The first-order valence-electron chi connectivity index (χ1n) is 9.28. The highest BCUT2D eigenvalue weighted by Crippen LogP contribution is 2.21. The van der Waals surface area contributed by atoms with Crippen molar-refractivity contribution >= 4 is 25.7 Å². The van der Waals surface area contributed by atoms with Crippen LogP contribution in [0.5, 0.6) is 0 Å². The van der Waals surface area contributed by atoms with E-state index in [4.69, 9.17) is 0 Å². The summed E-state index contributed by atoms with van der Waals surface area (Å²) < 4.78 is 0. The van der Waals surface area contributed by atoms with Crippen LogP contribution in [0.1, 0.15) is 33.4 Å². The first-order valence-corrected chi connectivity index (χ1v) is 12.8. The third-order valence-electron chi connectivity index (χ3n) is 5.37. The third-order valence-corrected chi connectivity index (χ3v) is 7.58. The minimum Gasteiger partial charge on any atom is -0.112 e. The van der Waals surface area contributed by atoms with Gasteiger partial charge in [-0.25, -0.2) is 0 Å². The molecule has 0 heterocycles. The molecule has 0 aromatic heterocycles. The van der Waals surface area contributed by atoms with Gasteiger partial charge >= 0.3 is 0 Å². The molecule has 25 heavy (non-hydrogen) atoms. The second-order valence-corrected chi connectivity index (χ2v) is 14.0. The molecular weight excluding hydrogens is 315 g/mol. The van der Waals surface area contributed by atoms with E-state index in [1.54, 1.807) is 0 Å². The molecule has 0 bridgehead atoms. The number of rotatable bonds is 4. The quantitative estimate of drug-likeness (QED) is 0.673. The number of benzene rings is 2. The van der Waals surface area contributed by atoms with Crippen molar-refractivity contribution in [1.29, 1.82) is 0 Å². The molecule has 2 heteroatoms. The Morgan fingerprint density at radius 1 is 0.680 bits per heavy atom. The van der Waals surface area contributed by atoms with Gasteiger partial charge in [0.15, 0.2) is 0 Å². The Hall–Kier alpha value is -1.54. The van der Waals surface area contributed by atoms with Gasteiger partial charge in [0.05, 0.1) is 8.07 Å². The van der Waals surface area contributed by atoms with Crippen molar-refractivity contribution in [2.75, 3.05) is 0 Å². The minimum atomic E-state index is -1.50. The predicted molar refractivity (Wildman–Crippen MR) is 119 cm³/mol. The van der Waals surface area contributed by atoms with E-state index in [-0.39, 0.29) is 0 Å². The van der Waals surface area contributed by atoms with Crippen LogP contribution >= 0.6 is 0 Å². The lowest BCUT2D eigenvalue weighted by atomic mass is 9.37. The van der Waals surface area contributed by atoms with Gasteiger partial charge in [-0.15, -0.1) is 11.7 Å². The van der Waals surface area contributed by atoms with Crippen LogP contribution in [0.15, 0.2) is 35.9 Å². The van der Waals surface area contributed by atoms with Crippen molar-refractivity contribution in [3.8, 4) is 0 Å². The Kier molecular flexibility index (Phi) is 5.53. The number of hydrogen-bond acceptors (Lipinski definition) is 0. The fourth-order valence-corrected chi connectivity index (χ4v) is 5.37. The largest absolute Gasteiger partial charge is 0.234 e. The first-order chi connectivity index (χ1) is 11.4. The van der Waals surface area contributed by atoms with E-state index in [1.165, 1.54) is 49.4 Å². The van der Waals surface area contributed by atoms with Gasteiger partial charge in [-0.2, -0.15) is 0 Å². The highest BCUT2D eigenvalue weighted by molar-refractivity contribution is 7.07. The highest BCUT2D eigenvalue weighted by Gasteiger charge is 2.34. The topological polar surface area (TPSA) is 0 Å². The van der Waals surface area contributed by atoms with Crippen LogP contribution in [0.25, 0.3) is 0 Å². The van der Waals surface area contributed by atoms with Crippen LogP contribution in [-0.2, 0) is 0 Å². The summed E-state index contributed by atoms with van der Waals surface area (Å²) in [6.45, 7) is 25.6. The summed E-state index contributed by atoms with van der Waals surface area (Å²) in [7, 11) is -1.50. The summed E-state index contributed by atoms with van der Waals surface area (Å²) in [6.07, 6.45) is 0. The second-order valence-electron chi connectivity index (χ2n) is 8.83.